The molecule has 2 aromatic rings. The van der Waals surface area contributed by atoms with Crippen molar-refractivity contribution < 1.29 is 19.4 Å². The van der Waals surface area contributed by atoms with Gasteiger partial charge in [-0.15, -0.1) is 0 Å². The van der Waals surface area contributed by atoms with Crippen LogP contribution in [-0.2, 0) is 0 Å². The average Bonchev–Trinajstić information content (AvgIpc) is 2.67. The summed E-state index contributed by atoms with van der Waals surface area (Å²) < 4.78 is 10.4. The van der Waals surface area contributed by atoms with Crippen LogP contribution in [0.25, 0.3) is 0 Å². The van der Waals surface area contributed by atoms with Crippen molar-refractivity contribution in [3.8, 4) is 11.5 Å². The largest absolute Gasteiger partial charge is 0.497 e. The third kappa shape index (κ3) is 5.74. The van der Waals surface area contributed by atoms with Crippen molar-refractivity contribution in [1.82, 2.24) is 0 Å². The minimum Gasteiger partial charge on any atom is -0.497 e. The number of methoxy groups -OCH3 is 2. The number of anilines is 1. The third-order valence-electron chi connectivity index (χ3n) is 3.09. The second-order valence-corrected chi connectivity index (χ2v) is 4.53. The number of carbonyl (C=O) groups excluding carboxylic acids is 1. The van der Waals surface area contributed by atoms with Gasteiger partial charge in [0, 0.05) is 25.6 Å². The third-order valence-corrected chi connectivity index (χ3v) is 3.09. The summed E-state index contributed by atoms with van der Waals surface area (Å²) >= 11 is 0. The molecule has 0 aliphatic carbocycles. The Morgan fingerprint density at radius 2 is 1.92 bits per heavy atom. The molecule has 2 aromatic carbocycles. The molecule has 25 heavy (non-hydrogen) atoms. The first-order chi connectivity index (χ1) is 12.2. The zero-order valence-corrected chi connectivity index (χ0v) is 14.4. The summed E-state index contributed by atoms with van der Waals surface area (Å²) in [7, 11) is 4.06. The number of hydrogen-bond acceptors (Lipinski definition) is 6. The Morgan fingerprint density at radius 3 is 2.56 bits per heavy atom. The van der Waals surface area contributed by atoms with E-state index in [-0.39, 0.29) is 5.91 Å². The van der Waals surface area contributed by atoms with Crippen LogP contribution in [0.2, 0.25) is 0 Å². The zero-order chi connectivity index (χ0) is 18.7. The standard InChI is InChI=1S/C17H17N3O3.CH4O/c1-18-19-11-12-5-4-6-13(9-12)20-17(21)15-8-7-14(22-2)10-16(15)23-3;1-2/h4-11H,1H2,2-3H3,(H,20,21);2H,1H3/b19-11+;. The number of benzene rings is 2. The molecule has 0 spiro atoms. The van der Waals surface area contributed by atoms with Crippen LogP contribution in [0.4, 0.5) is 5.69 Å². The molecule has 2 rings (SSSR count). The van der Waals surface area contributed by atoms with Crippen molar-refractivity contribution in [3.63, 3.8) is 0 Å². The van der Waals surface area contributed by atoms with Gasteiger partial charge in [-0.3, -0.25) is 4.79 Å². The first kappa shape index (κ1) is 19.9. The van der Waals surface area contributed by atoms with E-state index in [1.165, 1.54) is 7.11 Å². The Balaban J connectivity index is 0.00000151. The molecule has 132 valence electrons. The maximum Gasteiger partial charge on any atom is 0.259 e. The number of ether oxygens (including phenoxy) is 2. The van der Waals surface area contributed by atoms with Crippen LogP contribution < -0.4 is 14.8 Å². The van der Waals surface area contributed by atoms with Crippen LogP contribution in [0.1, 0.15) is 15.9 Å². The van der Waals surface area contributed by atoms with Crippen molar-refractivity contribution in [1.29, 1.82) is 0 Å². The molecule has 0 aliphatic heterocycles. The molecule has 7 nitrogen and oxygen atoms in total. The molecule has 0 heterocycles. The van der Waals surface area contributed by atoms with E-state index >= 15 is 0 Å². The van der Waals surface area contributed by atoms with E-state index in [1.807, 2.05) is 12.1 Å². The van der Waals surface area contributed by atoms with Crippen LogP contribution in [0, 0.1) is 0 Å². The number of carbonyl (C=O) groups is 1. The first-order valence-corrected chi connectivity index (χ1v) is 7.25. The molecule has 0 atom stereocenters. The van der Waals surface area contributed by atoms with Crippen LogP contribution in [0.3, 0.4) is 0 Å². The summed E-state index contributed by atoms with van der Waals surface area (Å²) in [5.74, 6) is 0.782. The van der Waals surface area contributed by atoms with Crippen molar-refractivity contribution in [2.75, 3.05) is 26.6 Å². The molecule has 0 fully saturated rings. The first-order valence-electron chi connectivity index (χ1n) is 7.25. The van der Waals surface area contributed by atoms with E-state index in [2.05, 4.69) is 22.2 Å². The highest BCUT2D eigenvalue weighted by molar-refractivity contribution is 6.06. The number of aliphatic hydroxyl groups is 1. The van der Waals surface area contributed by atoms with Crippen molar-refractivity contribution in [3.05, 3.63) is 53.6 Å². The number of rotatable bonds is 6. The highest BCUT2D eigenvalue weighted by Crippen LogP contribution is 2.25. The van der Waals surface area contributed by atoms with Crippen LogP contribution >= 0.6 is 0 Å². The van der Waals surface area contributed by atoms with Gasteiger partial charge in [-0.25, -0.2) is 0 Å². The Hall–Kier alpha value is -3.19. The lowest BCUT2D eigenvalue weighted by molar-refractivity contribution is 0.102. The molecule has 7 heteroatoms. The Morgan fingerprint density at radius 1 is 1.16 bits per heavy atom. The van der Waals surface area contributed by atoms with Gasteiger partial charge in [-0.1, -0.05) is 12.1 Å². The summed E-state index contributed by atoms with van der Waals surface area (Å²) in [4.78, 5) is 12.4. The molecule has 0 saturated carbocycles. The van der Waals surface area contributed by atoms with E-state index in [9.17, 15) is 4.79 Å². The minimum atomic E-state index is -0.277. The van der Waals surface area contributed by atoms with Gasteiger partial charge in [-0.05, 0) is 29.8 Å². The minimum absolute atomic E-state index is 0.277. The summed E-state index contributed by atoms with van der Waals surface area (Å²) in [6, 6.07) is 12.2. The fourth-order valence-electron chi connectivity index (χ4n) is 1.99. The van der Waals surface area contributed by atoms with Gasteiger partial charge in [0.15, 0.2) is 0 Å². The molecule has 0 aliphatic rings. The Kier molecular flexibility index (Phi) is 8.39. The quantitative estimate of drug-likeness (QED) is 0.623. The van der Waals surface area contributed by atoms with Crippen molar-refractivity contribution >= 4 is 24.5 Å². The predicted octanol–water partition coefficient (Wildman–Crippen LogP) is 2.60. The average molecular weight is 343 g/mol. The van der Waals surface area contributed by atoms with Crippen LogP contribution in [0.5, 0.6) is 11.5 Å². The lowest BCUT2D eigenvalue weighted by Gasteiger charge is -2.11. The number of nitrogens with zero attached hydrogens (tertiary/aromatic N) is 2. The summed E-state index contributed by atoms with van der Waals surface area (Å²) in [6.45, 7) is 3.28. The SMILES string of the molecule is C=N/N=C/c1cccc(NC(=O)c2ccc(OC)cc2OC)c1.CO. The number of hydrogen-bond donors (Lipinski definition) is 2. The fraction of sp³-hybridized carbons (Fsp3) is 0.167. The lowest BCUT2D eigenvalue weighted by Crippen LogP contribution is -2.13. The summed E-state index contributed by atoms with van der Waals surface area (Å²) in [6.07, 6.45) is 1.55. The monoisotopic (exact) mass is 343 g/mol. The normalized spacial score (nSPS) is 9.76. The Bertz CT molecular complexity index is 745. The van der Waals surface area contributed by atoms with Gasteiger partial charge in [-0.2, -0.15) is 10.2 Å². The molecule has 1 amide bonds. The maximum atomic E-state index is 12.4. The highest BCUT2D eigenvalue weighted by Gasteiger charge is 2.13. The highest BCUT2D eigenvalue weighted by atomic mass is 16.5. The van der Waals surface area contributed by atoms with Gasteiger partial charge >= 0.3 is 0 Å². The lowest BCUT2D eigenvalue weighted by atomic mass is 10.1. The molecule has 0 bridgehead atoms. The van der Waals surface area contributed by atoms with E-state index in [1.54, 1.807) is 43.7 Å². The van der Waals surface area contributed by atoms with Gasteiger partial charge in [0.1, 0.15) is 11.5 Å². The van der Waals surface area contributed by atoms with E-state index in [0.717, 1.165) is 12.7 Å². The zero-order valence-electron chi connectivity index (χ0n) is 14.4. The molecular weight excluding hydrogens is 322 g/mol. The maximum absolute atomic E-state index is 12.4. The molecular formula is C18H21N3O4. The fourth-order valence-corrected chi connectivity index (χ4v) is 1.99. The molecule has 0 saturated heterocycles. The van der Waals surface area contributed by atoms with E-state index < -0.39 is 0 Å². The molecule has 0 unspecified atom stereocenters. The summed E-state index contributed by atoms with van der Waals surface area (Å²) in [5, 5.41) is 16.9. The number of aliphatic hydroxyl groups excluding tert-OH is 1. The second-order valence-electron chi connectivity index (χ2n) is 4.53. The van der Waals surface area contributed by atoms with Gasteiger partial charge < -0.3 is 19.9 Å². The van der Waals surface area contributed by atoms with E-state index in [0.29, 0.717) is 22.7 Å². The summed E-state index contributed by atoms with van der Waals surface area (Å²) in [5.41, 5.74) is 1.86. The smallest absolute Gasteiger partial charge is 0.259 e. The van der Waals surface area contributed by atoms with Crippen molar-refractivity contribution in [2.45, 2.75) is 0 Å². The van der Waals surface area contributed by atoms with Gasteiger partial charge in [0.25, 0.3) is 5.91 Å². The topological polar surface area (TPSA) is 92.5 Å². The predicted molar refractivity (Wildman–Crippen MR) is 99.2 cm³/mol. The number of amides is 1. The van der Waals surface area contributed by atoms with Crippen LogP contribution in [0.15, 0.2) is 52.7 Å². The van der Waals surface area contributed by atoms with Crippen LogP contribution in [-0.4, -0.2) is 45.3 Å². The van der Waals surface area contributed by atoms with Crippen molar-refractivity contribution in [2.24, 2.45) is 10.2 Å². The molecule has 0 radical (unpaired) electrons. The molecule has 0 aromatic heterocycles. The van der Waals surface area contributed by atoms with Gasteiger partial charge in [0.2, 0.25) is 0 Å². The number of nitrogens with one attached hydrogen (secondary N) is 1. The van der Waals surface area contributed by atoms with Gasteiger partial charge in [0.05, 0.1) is 26.0 Å². The second kappa shape index (κ2) is 10.6. The van der Waals surface area contributed by atoms with E-state index in [4.69, 9.17) is 14.6 Å². The Labute approximate surface area is 146 Å². The molecule has 2 N–H and O–H groups in total.